The minimum atomic E-state index is 0.330. The number of rotatable bonds is 2. The van der Waals surface area contributed by atoms with Crippen LogP contribution in [0.15, 0.2) is 42.5 Å². The van der Waals surface area contributed by atoms with Gasteiger partial charge in [0.2, 0.25) is 0 Å². The molecule has 0 radical (unpaired) electrons. The fourth-order valence-electron chi connectivity index (χ4n) is 2.62. The molecule has 1 heteroatoms. The van der Waals surface area contributed by atoms with Crippen molar-refractivity contribution in [3.63, 3.8) is 0 Å². The molecule has 0 heterocycles. The van der Waals surface area contributed by atoms with Gasteiger partial charge in [-0.3, -0.25) is 0 Å². The molecule has 1 nitrogen and oxygen atoms in total. The lowest BCUT2D eigenvalue weighted by molar-refractivity contribution is 0.632. The molecular formula is C15H17N. The quantitative estimate of drug-likeness (QED) is 0.810. The first kappa shape index (κ1) is 9.86. The van der Waals surface area contributed by atoms with Crippen LogP contribution >= 0.6 is 0 Å². The molecule has 3 atom stereocenters. The highest BCUT2D eigenvalue weighted by Gasteiger charge is 2.40. The Kier molecular flexibility index (Phi) is 2.22. The maximum atomic E-state index is 5.94. The highest BCUT2D eigenvalue weighted by Crippen LogP contribution is 2.49. The van der Waals surface area contributed by atoms with E-state index in [0.29, 0.717) is 17.9 Å². The third-order valence-corrected chi connectivity index (χ3v) is 3.72. The van der Waals surface area contributed by atoms with Crippen LogP contribution in [-0.4, -0.2) is 6.04 Å². The molecule has 0 amide bonds. The number of benzene rings is 2. The van der Waals surface area contributed by atoms with Crippen LogP contribution in [0.1, 0.15) is 24.8 Å². The van der Waals surface area contributed by atoms with Crippen molar-refractivity contribution in [3.8, 4) is 0 Å². The predicted molar refractivity (Wildman–Crippen MR) is 68.4 cm³/mol. The van der Waals surface area contributed by atoms with Gasteiger partial charge in [-0.25, -0.2) is 0 Å². The molecule has 1 fully saturated rings. The van der Waals surface area contributed by atoms with Gasteiger partial charge in [-0.05, 0) is 41.5 Å². The first-order chi connectivity index (χ1) is 7.75. The number of hydrogen-bond donors (Lipinski definition) is 1. The van der Waals surface area contributed by atoms with Gasteiger partial charge in [0, 0.05) is 6.04 Å². The highest BCUT2D eigenvalue weighted by atomic mass is 14.7. The summed E-state index contributed by atoms with van der Waals surface area (Å²) in [6, 6.07) is 15.7. The molecule has 16 heavy (non-hydrogen) atoms. The van der Waals surface area contributed by atoms with Crippen molar-refractivity contribution in [1.82, 2.24) is 0 Å². The van der Waals surface area contributed by atoms with Crippen molar-refractivity contribution in [3.05, 3.63) is 48.0 Å². The summed E-state index contributed by atoms with van der Waals surface area (Å²) < 4.78 is 0. The first-order valence-corrected chi connectivity index (χ1v) is 6.00. The lowest BCUT2D eigenvalue weighted by Crippen LogP contribution is -2.17. The van der Waals surface area contributed by atoms with Crippen molar-refractivity contribution in [2.75, 3.05) is 0 Å². The topological polar surface area (TPSA) is 26.0 Å². The molecule has 0 aromatic heterocycles. The Morgan fingerprint density at radius 1 is 1.12 bits per heavy atom. The second-order valence-electron chi connectivity index (χ2n) is 4.97. The zero-order chi connectivity index (χ0) is 11.1. The van der Waals surface area contributed by atoms with Crippen LogP contribution < -0.4 is 5.73 Å². The Balaban J connectivity index is 1.95. The molecule has 1 aliphatic rings. The third-order valence-electron chi connectivity index (χ3n) is 3.72. The Bertz CT molecular complexity index is 516. The van der Waals surface area contributed by atoms with Gasteiger partial charge in [0.1, 0.15) is 0 Å². The Morgan fingerprint density at radius 2 is 1.88 bits per heavy atom. The van der Waals surface area contributed by atoms with Crippen LogP contribution in [0.25, 0.3) is 10.8 Å². The van der Waals surface area contributed by atoms with Crippen LogP contribution in [0.5, 0.6) is 0 Å². The molecule has 1 aliphatic carbocycles. The minimum absolute atomic E-state index is 0.330. The van der Waals surface area contributed by atoms with Gasteiger partial charge in [0.25, 0.3) is 0 Å². The molecular weight excluding hydrogens is 194 g/mol. The first-order valence-electron chi connectivity index (χ1n) is 6.00. The van der Waals surface area contributed by atoms with Crippen LogP contribution in [0.2, 0.25) is 0 Å². The normalized spacial score (nSPS) is 25.6. The standard InChI is InChI=1S/C15H17N/c1-10(16)14-9-15(14)13-7-6-11-4-2-3-5-12(11)8-13/h2-8,10,14-15H,9,16H2,1H3. The van der Waals surface area contributed by atoms with E-state index in [4.69, 9.17) is 5.73 Å². The largest absolute Gasteiger partial charge is 0.328 e. The van der Waals surface area contributed by atoms with Crippen molar-refractivity contribution in [1.29, 1.82) is 0 Å². The van der Waals surface area contributed by atoms with E-state index in [0.717, 1.165) is 0 Å². The molecule has 2 N–H and O–H groups in total. The van der Waals surface area contributed by atoms with Gasteiger partial charge < -0.3 is 5.73 Å². The van der Waals surface area contributed by atoms with E-state index in [2.05, 4.69) is 49.4 Å². The third kappa shape index (κ3) is 1.61. The van der Waals surface area contributed by atoms with E-state index in [1.807, 2.05) is 0 Å². The second-order valence-corrected chi connectivity index (χ2v) is 4.97. The predicted octanol–water partition coefficient (Wildman–Crippen LogP) is 3.29. The van der Waals surface area contributed by atoms with Gasteiger partial charge >= 0.3 is 0 Å². The average Bonchev–Trinajstić information content (AvgIpc) is 3.08. The van der Waals surface area contributed by atoms with Gasteiger partial charge in [-0.1, -0.05) is 42.5 Å². The summed E-state index contributed by atoms with van der Waals surface area (Å²) in [5, 5.41) is 2.67. The van der Waals surface area contributed by atoms with Crippen LogP contribution in [0.4, 0.5) is 0 Å². The summed E-state index contributed by atoms with van der Waals surface area (Å²) in [5.74, 6) is 1.39. The van der Waals surface area contributed by atoms with E-state index in [1.54, 1.807) is 0 Å². The molecule has 1 saturated carbocycles. The van der Waals surface area contributed by atoms with E-state index in [-0.39, 0.29) is 0 Å². The zero-order valence-corrected chi connectivity index (χ0v) is 9.56. The summed E-state index contributed by atoms with van der Waals surface area (Å²) in [6.07, 6.45) is 1.26. The molecule has 0 bridgehead atoms. The van der Waals surface area contributed by atoms with E-state index in [1.165, 1.54) is 22.8 Å². The Hall–Kier alpha value is -1.34. The monoisotopic (exact) mass is 211 g/mol. The van der Waals surface area contributed by atoms with Crippen molar-refractivity contribution >= 4 is 10.8 Å². The van der Waals surface area contributed by atoms with Gasteiger partial charge in [-0.2, -0.15) is 0 Å². The van der Waals surface area contributed by atoms with Crippen molar-refractivity contribution in [2.45, 2.75) is 25.3 Å². The highest BCUT2D eigenvalue weighted by molar-refractivity contribution is 5.83. The SMILES string of the molecule is CC(N)C1CC1c1ccc2ccccc2c1. The second kappa shape index (κ2) is 3.60. The maximum absolute atomic E-state index is 5.94. The zero-order valence-electron chi connectivity index (χ0n) is 9.56. The fourth-order valence-corrected chi connectivity index (χ4v) is 2.62. The van der Waals surface area contributed by atoms with Gasteiger partial charge in [0.15, 0.2) is 0 Å². The molecule has 0 aliphatic heterocycles. The average molecular weight is 211 g/mol. The summed E-state index contributed by atoms with van der Waals surface area (Å²) >= 11 is 0. The van der Waals surface area contributed by atoms with Gasteiger partial charge in [-0.15, -0.1) is 0 Å². The molecule has 2 aromatic rings. The molecule has 0 spiro atoms. The smallest absolute Gasteiger partial charge is 0.00448 e. The van der Waals surface area contributed by atoms with E-state index in [9.17, 15) is 0 Å². The summed E-state index contributed by atoms with van der Waals surface area (Å²) in [7, 11) is 0. The van der Waals surface area contributed by atoms with E-state index < -0.39 is 0 Å². The number of nitrogens with two attached hydrogens (primary N) is 1. The van der Waals surface area contributed by atoms with Crippen LogP contribution in [-0.2, 0) is 0 Å². The molecule has 0 saturated heterocycles. The minimum Gasteiger partial charge on any atom is -0.328 e. The maximum Gasteiger partial charge on any atom is 0.00448 e. The van der Waals surface area contributed by atoms with Crippen molar-refractivity contribution < 1.29 is 0 Å². The molecule has 3 rings (SSSR count). The van der Waals surface area contributed by atoms with Crippen molar-refractivity contribution in [2.24, 2.45) is 11.7 Å². The summed E-state index contributed by atoms with van der Waals surface area (Å²) in [6.45, 7) is 2.12. The molecule has 82 valence electrons. The van der Waals surface area contributed by atoms with E-state index >= 15 is 0 Å². The Labute approximate surface area is 96.3 Å². The lowest BCUT2D eigenvalue weighted by atomic mass is 10.0. The van der Waals surface area contributed by atoms with Crippen LogP contribution in [0, 0.1) is 5.92 Å². The lowest BCUT2D eigenvalue weighted by Gasteiger charge is -2.05. The number of fused-ring (bicyclic) bond motifs is 1. The number of hydrogen-bond acceptors (Lipinski definition) is 1. The Morgan fingerprint density at radius 3 is 2.56 bits per heavy atom. The fraction of sp³-hybridized carbons (Fsp3) is 0.333. The molecule has 2 aromatic carbocycles. The summed E-state index contributed by atoms with van der Waals surface area (Å²) in [4.78, 5) is 0. The van der Waals surface area contributed by atoms with Gasteiger partial charge in [0.05, 0.1) is 0 Å². The molecule has 3 unspecified atom stereocenters. The summed E-state index contributed by atoms with van der Waals surface area (Å²) in [5.41, 5.74) is 7.40. The van der Waals surface area contributed by atoms with Crippen LogP contribution in [0.3, 0.4) is 0 Å².